The van der Waals surface area contributed by atoms with E-state index in [0.29, 0.717) is 6.79 Å². The number of thiazole rings is 1. The van der Waals surface area contributed by atoms with E-state index < -0.39 is 5.97 Å². The third-order valence-corrected chi connectivity index (χ3v) is 5.27. The van der Waals surface area contributed by atoms with Crippen LogP contribution in [0.5, 0.6) is 11.5 Å². The Kier molecular flexibility index (Phi) is 4.56. The normalized spacial score (nSPS) is 17.8. The van der Waals surface area contributed by atoms with Crippen LogP contribution in [0.2, 0.25) is 0 Å². The molecule has 0 bridgehead atoms. The van der Waals surface area contributed by atoms with Crippen molar-refractivity contribution >= 4 is 17.3 Å². The number of hydrogen-bond acceptors (Lipinski definition) is 7. The van der Waals surface area contributed by atoms with Crippen LogP contribution < -0.4 is 9.47 Å². The van der Waals surface area contributed by atoms with Crippen LogP contribution in [0.25, 0.3) is 0 Å². The largest absolute Gasteiger partial charge is 0.476 e. The van der Waals surface area contributed by atoms with E-state index in [1.165, 1.54) is 16.9 Å². The van der Waals surface area contributed by atoms with Crippen LogP contribution in [-0.2, 0) is 13.1 Å². The zero-order chi connectivity index (χ0) is 17.2. The first-order valence-electron chi connectivity index (χ1n) is 8.18. The summed E-state index contributed by atoms with van der Waals surface area (Å²) in [7, 11) is 0. The van der Waals surface area contributed by atoms with E-state index in [-0.39, 0.29) is 5.69 Å². The average molecular weight is 361 g/mol. The van der Waals surface area contributed by atoms with Gasteiger partial charge in [-0.15, -0.1) is 11.3 Å². The maximum atomic E-state index is 10.9. The fourth-order valence-electron chi connectivity index (χ4n) is 3.08. The van der Waals surface area contributed by atoms with E-state index in [9.17, 15) is 4.79 Å². The van der Waals surface area contributed by atoms with Crippen molar-refractivity contribution in [1.82, 2.24) is 14.8 Å². The smallest absolute Gasteiger partial charge is 0.355 e. The van der Waals surface area contributed by atoms with Gasteiger partial charge < -0.3 is 14.6 Å². The molecule has 3 heterocycles. The molecule has 0 aliphatic carbocycles. The minimum absolute atomic E-state index is 0.140. The Morgan fingerprint density at radius 1 is 1.12 bits per heavy atom. The summed E-state index contributed by atoms with van der Waals surface area (Å²) in [6.45, 7) is 5.77. The van der Waals surface area contributed by atoms with Crippen LogP contribution in [0.1, 0.15) is 21.1 Å². The van der Waals surface area contributed by atoms with E-state index in [2.05, 4.69) is 26.9 Å². The highest BCUT2D eigenvalue weighted by Crippen LogP contribution is 2.32. The van der Waals surface area contributed by atoms with E-state index in [0.717, 1.165) is 55.8 Å². The highest BCUT2D eigenvalue weighted by atomic mass is 32.1. The molecule has 0 amide bonds. The molecule has 1 fully saturated rings. The lowest BCUT2D eigenvalue weighted by Crippen LogP contribution is -2.45. The minimum Gasteiger partial charge on any atom is -0.476 e. The van der Waals surface area contributed by atoms with Gasteiger partial charge in [0.2, 0.25) is 6.79 Å². The van der Waals surface area contributed by atoms with Crippen LogP contribution in [0.4, 0.5) is 0 Å². The van der Waals surface area contributed by atoms with Gasteiger partial charge in [-0.05, 0) is 17.7 Å². The molecule has 1 saturated heterocycles. The summed E-state index contributed by atoms with van der Waals surface area (Å²) in [4.78, 5) is 19.8. The Labute approximate surface area is 149 Å². The monoisotopic (exact) mass is 361 g/mol. The maximum Gasteiger partial charge on any atom is 0.355 e. The molecule has 1 aromatic carbocycles. The molecule has 25 heavy (non-hydrogen) atoms. The summed E-state index contributed by atoms with van der Waals surface area (Å²) in [6.07, 6.45) is 0. The number of hydrogen-bond donors (Lipinski definition) is 1. The number of carboxylic acids is 1. The maximum absolute atomic E-state index is 10.9. The Morgan fingerprint density at radius 3 is 2.56 bits per heavy atom. The predicted octanol–water partition coefficient (Wildman–Crippen LogP) is 1.89. The first-order valence-corrected chi connectivity index (χ1v) is 9.06. The quantitative estimate of drug-likeness (QED) is 0.871. The van der Waals surface area contributed by atoms with Crippen LogP contribution in [0.15, 0.2) is 23.6 Å². The fraction of sp³-hybridized carbons (Fsp3) is 0.412. The van der Waals surface area contributed by atoms with Crippen LogP contribution in [0, 0.1) is 0 Å². The Hall–Kier alpha value is -2.16. The molecule has 2 aliphatic heterocycles. The molecule has 0 radical (unpaired) electrons. The van der Waals surface area contributed by atoms with E-state index in [4.69, 9.17) is 14.6 Å². The molecular weight excluding hydrogens is 342 g/mol. The second kappa shape index (κ2) is 6.99. The second-order valence-electron chi connectivity index (χ2n) is 6.17. The lowest BCUT2D eigenvalue weighted by atomic mass is 10.1. The molecule has 0 atom stereocenters. The molecule has 2 aliphatic rings. The van der Waals surface area contributed by atoms with Crippen molar-refractivity contribution in [1.29, 1.82) is 0 Å². The third-order valence-electron chi connectivity index (χ3n) is 4.44. The summed E-state index contributed by atoms with van der Waals surface area (Å²) in [5.41, 5.74) is 1.37. The number of piperazine rings is 1. The molecule has 132 valence electrons. The SMILES string of the molecule is O=C(O)c1csc(CN2CCN(Cc3ccc4c(c3)OCO4)CC2)n1. The molecule has 0 spiro atoms. The molecule has 2 aromatic rings. The lowest BCUT2D eigenvalue weighted by Gasteiger charge is -2.34. The highest BCUT2D eigenvalue weighted by Gasteiger charge is 2.20. The van der Waals surface area contributed by atoms with Gasteiger partial charge in [0.25, 0.3) is 0 Å². The van der Waals surface area contributed by atoms with Crippen molar-refractivity contribution in [2.24, 2.45) is 0 Å². The Balaban J connectivity index is 1.28. The van der Waals surface area contributed by atoms with E-state index >= 15 is 0 Å². The number of benzene rings is 1. The number of rotatable bonds is 5. The molecule has 8 heteroatoms. The van der Waals surface area contributed by atoms with Crippen molar-refractivity contribution in [2.75, 3.05) is 33.0 Å². The molecule has 0 saturated carbocycles. The zero-order valence-corrected chi connectivity index (χ0v) is 14.5. The number of nitrogens with zero attached hydrogens (tertiary/aromatic N) is 3. The van der Waals surface area contributed by atoms with Gasteiger partial charge in [-0.1, -0.05) is 6.07 Å². The number of aromatic nitrogens is 1. The van der Waals surface area contributed by atoms with Gasteiger partial charge in [-0.25, -0.2) is 9.78 Å². The molecular formula is C17H19N3O4S. The van der Waals surface area contributed by atoms with Crippen molar-refractivity contribution in [2.45, 2.75) is 13.1 Å². The number of ether oxygens (including phenoxy) is 2. The summed E-state index contributed by atoms with van der Waals surface area (Å²) >= 11 is 1.41. The second-order valence-corrected chi connectivity index (χ2v) is 7.11. The number of carbonyl (C=O) groups is 1. The van der Waals surface area contributed by atoms with Crippen LogP contribution in [-0.4, -0.2) is 58.8 Å². The van der Waals surface area contributed by atoms with Gasteiger partial charge in [0, 0.05) is 38.1 Å². The molecule has 4 rings (SSSR count). The molecule has 1 N–H and O–H groups in total. The number of carboxylic acid groups (broad SMARTS) is 1. The number of aromatic carboxylic acids is 1. The Morgan fingerprint density at radius 2 is 1.84 bits per heavy atom. The van der Waals surface area contributed by atoms with Crippen molar-refractivity contribution < 1.29 is 19.4 Å². The lowest BCUT2D eigenvalue weighted by molar-refractivity contribution is 0.0690. The molecule has 0 unspecified atom stereocenters. The van der Waals surface area contributed by atoms with Crippen molar-refractivity contribution in [3.8, 4) is 11.5 Å². The van der Waals surface area contributed by atoms with Gasteiger partial charge >= 0.3 is 5.97 Å². The molecule has 1 aromatic heterocycles. The van der Waals surface area contributed by atoms with Gasteiger partial charge in [0.15, 0.2) is 17.2 Å². The minimum atomic E-state index is -0.962. The van der Waals surface area contributed by atoms with Gasteiger partial charge in [0.05, 0.1) is 6.54 Å². The zero-order valence-electron chi connectivity index (χ0n) is 13.7. The van der Waals surface area contributed by atoms with Gasteiger partial charge in [-0.2, -0.15) is 0 Å². The third kappa shape index (κ3) is 3.76. The Bertz CT molecular complexity index is 771. The fourth-order valence-corrected chi connectivity index (χ4v) is 3.89. The predicted molar refractivity (Wildman–Crippen MR) is 92.2 cm³/mol. The van der Waals surface area contributed by atoms with Gasteiger partial charge in [0.1, 0.15) is 5.01 Å². The van der Waals surface area contributed by atoms with E-state index in [1.54, 1.807) is 5.38 Å². The first kappa shape index (κ1) is 16.3. The number of fused-ring (bicyclic) bond motifs is 1. The van der Waals surface area contributed by atoms with Crippen molar-refractivity contribution in [3.63, 3.8) is 0 Å². The van der Waals surface area contributed by atoms with Crippen LogP contribution >= 0.6 is 11.3 Å². The summed E-state index contributed by atoms with van der Waals surface area (Å²) < 4.78 is 10.8. The highest BCUT2D eigenvalue weighted by molar-refractivity contribution is 7.09. The van der Waals surface area contributed by atoms with Gasteiger partial charge in [-0.3, -0.25) is 9.80 Å². The summed E-state index contributed by atoms with van der Waals surface area (Å²) in [5.74, 6) is 0.683. The molecule has 7 nitrogen and oxygen atoms in total. The summed E-state index contributed by atoms with van der Waals surface area (Å²) in [5, 5.41) is 11.4. The standard InChI is InChI=1S/C17H19N3O4S/c21-17(22)13-10-25-16(18-13)9-20-5-3-19(4-6-20)8-12-1-2-14-15(7-12)24-11-23-14/h1-2,7,10H,3-6,8-9,11H2,(H,21,22). The van der Waals surface area contributed by atoms with E-state index in [1.807, 2.05) is 6.07 Å². The summed E-state index contributed by atoms with van der Waals surface area (Å²) in [6, 6.07) is 6.11. The average Bonchev–Trinajstić information content (AvgIpc) is 3.25. The van der Waals surface area contributed by atoms with Crippen molar-refractivity contribution in [3.05, 3.63) is 39.8 Å². The topological polar surface area (TPSA) is 75.1 Å². The first-order chi connectivity index (χ1) is 12.2. The van der Waals surface area contributed by atoms with Crippen LogP contribution in [0.3, 0.4) is 0 Å².